The lowest BCUT2D eigenvalue weighted by atomic mass is 9.51. The maximum atomic E-state index is 15.3. The predicted octanol–water partition coefficient (Wildman–Crippen LogP) is 26.6. The molecule has 0 spiro atoms. The van der Waals surface area contributed by atoms with Crippen molar-refractivity contribution >= 4 is 44.9 Å². The van der Waals surface area contributed by atoms with E-state index in [4.69, 9.17) is 66.2 Å². The van der Waals surface area contributed by atoms with Crippen LogP contribution in [0.3, 0.4) is 0 Å². The largest absolute Gasteiger partial charge is 0.308 e. The quantitative estimate of drug-likeness (QED) is 0.0645. The number of aromatic nitrogens is 12. The van der Waals surface area contributed by atoms with Gasteiger partial charge in [-0.15, -0.1) is 13.2 Å². The van der Waals surface area contributed by atoms with Crippen LogP contribution in [0.25, 0.3) is 121 Å². The SMILES string of the molecule is [C-]#[N+]C1=C[C@@]2(C)c3nc(-c4ccnc(C5CC5)c4)nc(-c4ccccc4F)c3CC[C@@H]2[C@@H](CC=C)C1=O.[C-]#[N+]C1=C[C@@]2(C)c3nc(-c4ccnc(C5CC5)c4)nc(-c4ccccc4F)c3CC[C@@H]2[C@@H](CCC)C1=O.[C-]#[N+]C1=C[C@@]2(C)c3nc(-c4ccnc5ccccc45)nc(-c4ccccc4F)c3CC[C@@H]2[C@@](C)(CC(=C)C)C1=O.[C-]#[N+]C1=C[C@@]2(C)c3nc(-c4ccnc5ccccc45)nc(C4CC4)c3CC[C@@H]2[C@@H](C)C1=O. The van der Waals surface area contributed by atoms with Crippen LogP contribution in [0.2, 0.25) is 0 Å². The lowest BCUT2D eigenvalue weighted by Crippen LogP contribution is -2.52. The number of nitrogens with zero attached hydrogens (tertiary/aromatic N) is 16. The zero-order valence-electron chi connectivity index (χ0n) is 83.0. The average Bonchev–Trinajstić information content (AvgIpc) is 1.20. The van der Waals surface area contributed by atoms with Crippen molar-refractivity contribution in [2.45, 2.75) is 210 Å². The minimum absolute atomic E-state index is 0.0252. The van der Waals surface area contributed by atoms with Crippen LogP contribution in [-0.4, -0.2) is 82.9 Å². The number of rotatable bonds is 16. The molecule has 23 heteroatoms. The van der Waals surface area contributed by atoms with Gasteiger partial charge in [-0.2, -0.15) is 0 Å². The van der Waals surface area contributed by atoms with Crippen molar-refractivity contribution in [3.63, 3.8) is 0 Å². The number of halogens is 3. The van der Waals surface area contributed by atoms with Crippen LogP contribution in [0.15, 0.2) is 254 Å². The van der Waals surface area contributed by atoms with Gasteiger partial charge < -0.3 is 19.2 Å². The molecule has 8 aromatic heterocycles. The van der Waals surface area contributed by atoms with Gasteiger partial charge in [0.2, 0.25) is 22.8 Å². The summed E-state index contributed by atoms with van der Waals surface area (Å²) in [6.45, 7) is 55.2. The molecule has 0 radical (unpaired) electrons. The standard InChI is InChI=1S/C34H29FN4O.C31H29FN4O.C31H27FN4O.C27H24N4O/c1-20(2)18-34(4)28-15-14-24-29(23-11-6-8-12-25(23)35)38-32(22-16-17-37-26-13-9-7-10-21(22)26)39-30(24)33(28,3)19-27(36-5)31(34)40;2*1-4-7-20-23-13-12-22-27(21-8-5-6-9-24(21)32)35-30(19-14-15-34-25(16-19)18-10-11-18)36-29(22)31(23,2)17-26(33-3)28(20)37;1-15-20-11-10-19-23(16-8-9-16)30-26(18-12-13-29-21-7-5-4-6-17(18)21)31-25(19)27(20,2)14-22(28-3)24(15)32/h6-13,16-17,19,28H,1,14-15,18H2,2-4H3;5-6,8-9,14-18,20,23H,4,7,10-13H2,1-2H3;4-6,8-9,14-18,20,23H,1,7,10-13H2,2H3;4-7,12-16,20H,8-11H2,1-2H3/t28-,33+,34+;2*20-,23-,31-;15-,20-,27-/m0111/s1. The minimum Gasteiger partial charge on any atom is -0.308 e. The van der Waals surface area contributed by atoms with Gasteiger partial charge in [-0.1, -0.05) is 164 Å². The van der Waals surface area contributed by atoms with Crippen LogP contribution >= 0.6 is 0 Å². The molecule has 0 unspecified atom stereocenters. The molecular formula is C123H109F3N16O4. The third-order valence-electron chi connectivity index (χ3n) is 33.0. The molecule has 146 heavy (non-hydrogen) atoms. The first-order valence-corrected chi connectivity index (χ1v) is 50.9. The molecule has 726 valence electrons. The smallest absolute Gasteiger partial charge is 0.226 e. The highest BCUT2D eigenvalue weighted by molar-refractivity contribution is 6.05. The third-order valence-corrected chi connectivity index (χ3v) is 33.0. The van der Waals surface area contributed by atoms with Gasteiger partial charge in [0.1, 0.15) is 17.5 Å². The number of carbonyl (C=O) groups excluding carboxylic acids is 4. The lowest BCUT2D eigenvalue weighted by molar-refractivity contribution is -0.130. The minimum atomic E-state index is -0.806. The number of carbonyl (C=O) groups is 4. The highest BCUT2D eigenvalue weighted by Crippen LogP contribution is 2.61. The molecule has 0 aliphatic heterocycles. The van der Waals surface area contributed by atoms with Crippen LogP contribution in [0.1, 0.15) is 225 Å². The number of fused-ring (bicyclic) bond motifs is 14. The van der Waals surface area contributed by atoms with E-state index in [-0.39, 0.29) is 105 Å². The fourth-order valence-corrected chi connectivity index (χ4v) is 25.5. The summed E-state index contributed by atoms with van der Waals surface area (Å²) in [6, 6.07) is 47.8. The molecule has 8 heterocycles. The number of hydrogen-bond acceptors (Lipinski definition) is 16. The lowest BCUT2D eigenvalue weighted by Gasteiger charge is -2.52. The fourth-order valence-electron chi connectivity index (χ4n) is 25.5. The normalized spacial score (nSPS) is 24.8. The highest BCUT2D eigenvalue weighted by Gasteiger charge is 2.59. The Morgan fingerprint density at radius 1 is 0.418 bits per heavy atom. The number of ketones is 4. The van der Waals surface area contributed by atoms with Crippen molar-refractivity contribution in [2.75, 3.05) is 0 Å². The molecule has 12 atom stereocenters. The van der Waals surface area contributed by atoms with Gasteiger partial charge in [-0.3, -0.25) is 19.9 Å². The van der Waals surface area contributed by atoms with E-state index in [2.05, 4.69) is 99.2 Å². The average molecular weight is 1930 g/mol. The molecule has 3 fully saturated rings. The van der Waals surface area contributed by atoms with Crippen LogP contribution < -0.4 is 0 Å². The number of Topliss-reactive ketones (excluding diaryl/α,β-unsaturated/α-hetero) is 4. The number of pyridine rings is 4. The van der Waals surface area contributed by atoms with Crippen LogP contribution in [0, 0.1) is 90.6 Å². The summed E-state index contributed by atoms with van der Waals surface area (Å²) in [4.78, 5) is 126. The van der Waals surface area contributed by atoms with Crippen molar-refractivity contribution in [1.82, 2.24) is 59.8 Å². The summed E-state index contributed by atoms with van der Waals surface area (Å²) >= 11 is 0. The molecule has 11 aliphatic rings. The van der Waals surface area contributed by atoms with Crippen LogP contribution in [-0.2, 0) is 66.5 Å². The Balaban J connectivity index is 0.000000115. The molecule has 20 nitrogen and oxygen atoms in total. The van der Waals surface area contributed by atoms with Gasteiger partial charge in [-0.25, -0.2) is 72.4 Å². The molecule has 0 amide bonds. The Hall–Kier alpha value is -15.6. The second kappa shape index (κ2) is 38.2. The van der Waals surface area contributed by atoms with E-state index in [1.54, 1.807) is 73.2 Å². The van der Waals surface area contributed by atoms with Gasteiger partial charge >= 0.3 is 0 Å². The monoisotopic (exact) mass is 1930 g/mol. The molecule has 0 saturated heterocycles. The van der Waals surface area contributed by atoms with E-state index >= 15 is 13.2 Å². The third kappa shape index (κ3) is 16.9. The van der Waals surface area contributed by atoms with Crippen molar-refractivity contribution in [2.24, 2.45) is 46.8 Å². The van der Waals surface area contributed by atoms with E-state index in [0.717, 1.165) is 183 Å². The van der Waals surface area contributed by atoms with Crippen molar-refractivity contribution in [3.8, 4) is 79.3 Å². The Morgan fingerprint density at radius 3 is 1.26 bits per heavy atom. The maximum absolute atomic E-state index is 15.3. The Kier molecular flexibility index (Phi) is 25.2. The first-order chi connectivity index (χ1) is 70.6. The topological polar surface area (TPSA) is 240 Å². The molecule has 5 aromatic carbocycles. The maximum Gasteiger partial charge on any atom is 0.226 e. The molecule has 3 saturated carbocycles. The summed E-state index contributed by atoms with van der Waals surface area (Å²) in [5.74, 6) is 1.65. The number of benzene rings is 5. The highest BCUT2D eigenvalue weighted by atomic mass is 19.1. The van der Waals surface area contributed by atoms with Gasteiger partial charge in [0.15, 0.2) is 46.4 Å². The van der Waals surface area contributed by atoms with Crippen LogP contribution in [0.4, 0.5) is 13.2 Å². The van der Waals surface area contributed by atoms with Crippen molar-refractivity contribution in [3.05, 3.63) is 380 Å². The second-order valence-corrected chi connectivity index (χ2v) is 42.4. The number of para-hydroxylation sites is 2. The summed E-state index contributed by atoms with van der Waals surface area (Å²) < 4.78 is 45.6. The summed E-state index contributed by atoms with van der Waals surface area (Å²) in [5, 5.41) is 1.93. The van der Waals surface area contributed by atoms with Gasteiger partial charge in [-0.05, 0) is 230 Å². The number of hydrogen-bond donors (Lipinski definition) is 0. The Morgan fingerprint density at radius 2 is 0.801 bits per heavy atom. The molecule has 11 aliphatic carbocycles. The van der Waals surface area contributed by atoms with E-state index in [1.165, 1.54) is 29.5 Å². The van der Waals surface area contributed by atoms with Gasteiger partial charge in [0.25, 0.3) is 0 Å². The van der Waals surface area contributed by atoms with Crippen molar-refractivity contribution in [1.29, 1.82) is 0 Å². The molecule has 13 aromatic rings. The van der Waals surface area contributed by atoms with Gasteiger partial charge in [0, 0.05) is 165 Å². The molecule has 0 N–H and O–H groups in total. The summed E-state index contributed by atoms with van der Waals surface area (Å²) in [7, 11) is 0. The van der Waals surface area contributed by atoms with Crippen molar-refractivity contribution < 1.29 is 32.3 Å². The zero-order valence-corrected chi connectivity index (χ0v) is 83.0. The zero-order chi connectivity index (χ0) is 102. The van der Waals surface area contributed by atoms with E-state index in [9.17, 15) is 19.2 Å². The number of allylic oxidation sites excluding steroid dienone is 10. The first-order valence-electron chi connectivity index (χ1n) is 50.9. The van der Waals surface area contributed by atoms with Crippen LogP contribution in [0.5, 0.6) is 0 Å². The second-order valence-electron chi connectivity index (χ2n) is 42.4. The van der Waals surface area contributed by atoms with E-state index in [1.807, 2.05) is 130 Å². The van der Waals surface area contributed by atoms with E-state index in [0.29, 0.717) is 108 Å². The van der Waals surface area contributed by atoms with E-state index < -0.39 is 27.1 Å². The molecule has 24 rings (SSSR count). The molecule has 0 bridgehead atoms. The first kappa shape index (κ1) is 96.5. The summed E-state index contributed by atoms with van der Waals surface area (Å²) in [6.07, 6.45) is 31.6. The van der Waals surface area contributed by atoms with Gasteiger partial charge in [0.05, 0.1) is 82.9 Å². The molecular weight excluding hydrogens is 1820 g/mol. The summed E-state index contributed by atoms with van der Waals surface area (Å²) in [5.41, 5.74) is 17.1. The Labute approximate surface area is 848 Å². The predicted molar refractivity (Wildman–Crippen MR) is 557 cm³/mol. The Bertz CT molecular complexity index is 8010. The fraction of sp³-hybridized carbons (Fsp3) is 0.333.